The van der Waals surface area contributed by atoms with Crippen LogP contribution >= 0.6 is 11.8 Å². The molecule has 3 rings (SSSR count). The average molecular weight is 383 g/mol. The topological polar surface area (TPSA) is 32.3 Å². The lowest BCUT2D eigenvalue weighted by Gasteiger charge is -2.32. The van der Waals surface area contributed by atoms with Crippen LogP contribution in [-0.2, 0) is 11.3 Å². The zero-order valence-electron chi connectivity index (χ0n) is 16.4. The standard InChI is InChI=1S/C23H30N2OS/c1-18-5-9-20(10-6-18)16-25-14-3-4-21(17-25)23(26)24-13-15-27-22-11-7-19(2)8-12-22/h5-12,21H,3-4,13-17H2,1-2H3,(H,24,26). The first-order valence-corrected chi connectivity index (χ1v) is 10.8. The van der Waals surface area contributed by atoms with Crippen molar-refractivity contribution in [2.45, 2.75) is 38.1 Å². The largest absolute Gasteiger partial charge is 0.355 e. The number of carbonyl (C=O) groups excluding carboxylic acids is 1. The maximum Gasteiger partial charge on any atom is 0.224 e. The van der Waals surface area contributed by atoms with Gasteiger partial charge in [-0.15, -0.1) is 11.8 Å². The van der Waals surface area contributed by atoms with E-state index in [9.17, 15) is 4.79 Å². The van der Waals surface area contributed by atoms with Gasteiger partial charge >= 0.3 is 0 Å². The molecule has 0 spiro atoms. The van der Waals surface area contributed by atoms with Gasteiger partial charge in [0.1, 0.15) is 0 Å². The van der Waals surface area contributed by atoms with Gasteiger partial charge in [0.2, 0.25) is 5.91 Å². The summed E-state index contributed by atoms with van der Waals surface area (Å²) in [6.07, 6.45) is 2.10. The van der Waals surface area contributed by atoms with E-state index >= 15 is 0 Å². The Morgan fingerprint density at radius 1 is 1.07 bits per heavy atom. The van der Waals surface area contributed by atoms with Crippen LogP contribution in [0.15, 0.2) is 53.4 Å². The summed E-state index contributed by atoms with van der Waals surface area (Å²) in [4.78, 5) is 16.2. The lowest BCUT2D eigenvalue weighted by atomic mass is 9.96. The lowest BCUT2D eigenvalue weighted by Crippen LogP contribution is -2.43. The van der Waals surface area contributed by atoms with Gasteiger partial charge in [-0.05, 0) is 50.9 Å². The first kappa shape index (κ1) is 20.0. The number of nitrogens with one attached hydrogen (secondary N) is 1. The van der Waals surface area contributed by atoms with E-state index in [1.807, 2.05) is 0 Å². The number of thioether (sulfide) groups is 1. The molecule has 1 heterocycles. The highest BCUT2D eigenvalue weighted by molar-refractivity contribution is 7.99. The predicted octanol–water partition coefficient (Wildman–Crippen LogP) is 4.42. The second-order valence-electron chi connectivity index (χ2n) is 7.51. The number of likely N-dealkylation sites (tertiary alicyclic amines) is 1. The minimum absolute atomic E-state index is 0.119. The summed E-state index contributed by atoms with van der Waals surface area (Å²) in [6.45, 7) is 7.83. The number of benzene rings is 2. The van der Waals surface area contributed by atoms with Gasteiger partial charge in [-0.25, -0.2) is 0 Å². The van der Waals surface area contributed by atoms with Crippen molar-refractivity contribution in [3.63, 3.8) is 0 Å². The van der Waals surface area contributed by atoms with E-state index in [-0.39, 0.29) is 11.8 Å². The Kier molecular flexibility index (Phi) is 7.36. The van der Waals surface area contributed by atoms with E-state index in [1.165, 1.54) is 21.6 Å². The third kappa shape index (κ3) is 6.40. The van der Waals surface area contributed by atoms with Gasteiger partial charge in [-0.1, -0.05) is 47.5 Å². The van der Waals surface area contributed by atoms with Crippen LogP contribution in [0.2, 0.25) is 0 Å². The number of hydrogen-bond acceptors (Lipinski definition) is 3. The summed E-state index contributed by atoms with van der Waals surface area (Å²) < 4.78 is 0. The van der Waals surface area contributed by atoms with Crippen LogP contribution in [0.25, 0.3) is 0 Å². The monoisotopic (exact) mass is 382 g/mol. The fourth-order valence-electron chi connectivity index (χ4n) is 3.49. The summed E-state index contributed by atoms with van der Waals surface area (Å²) in [5, 5.41) is 3.14. The van der Waals surface area contributed by atoms with Gasteiger partial charge < -0.3 is 5.32 Å². The number of piperidine rings is 1. The SMILES string of the molecule is Cc1ccc(CN2CCCC(C(=O)NCCSc3ccc(C)cc3)C2)cc1. The molecule has 3 nitrogen and oxygen atoms in total. The van der Waals surface area contributed by atoms with E-state index in [0.29, 0.717) is 0 Å². The fourth-order valence-corrected chi connectivity index (χ4v) is 4.26. The van der Waals surface area contributed by atoms with Gasteiger partial charge in [-0.3, -0.25) is 9.69 Å². The number of nitrogens with zero attached hydrogens (tertiary/aromatic N) is 1. The van der Waals surface area contributed by atoms with E-state index in [2.05, 4.69) is 72.6 Å². The van der Waals surface area contributed by atoms with E-state index in [1.54, 1.807) is 11.8 Å². The minimum Gasteiger partial charge on any atom is -0.355 e. The van der Waals surface area contributed by atoms with Crippen molar-refractivity contribution in [2.24, 2.45) is 5.92 Å². The molecular weight excluding hydrogens is 352 g/mol. The zero-order chi connectivity index (χ0) is 19.1. The van der Waals surface area contributed by atoms with Crippen LogP contribution in [-0.4, -0.2) is 36.2 Å². The smallest absolute Gasteiger partial charge is 0.224 e. The quantitative estimate of drug-likeness (QED) is 0.568. The first-order chi connectivity index (χ1) is 13.1. The molecule has 2 aromatic carbocycles. The van der Waals surface area contributed by atoms with Gasteiger partial charge in [0.15, 0.2) is 0 Å². The second-order valence-corrected chi connectivity index (χ2v) is 8.68. The molecule has 1 amide bonds. The van der Waals surface area contributed by atoms with Gasteiger partial charge in [-0.2, -0.15) is 0 Å². The van der Waals surface area contributed by atoms with Crippen molar-refractivity contribution in [3.05, 3.63) is 65.2 Å². The molecule has 0 aliphatic carbocycles. The Hall–Kier alpha value is -1.78. The Labute approximate surface area is 167 Å². The highest BCUT2D eigenvalue weighted by Gasteiger charge is 2.25. The molecule has 4 heteroatoms. The molecule has 144 valence electrons. The summed E-state index contributed by atoms with van der Waals surface area (Å²) >= 11 is 1.80. The molecule has 1 saturated heterocycles. The van der Waals surface area contributed by atoms with Crippen LogP contribution in [0, 0.1) is 19.8 Å². The molecule has 1 aliphatic rings. The Bertz CT molecular complexity index is 727. The molecule has 1 unspecified atom stereocenters. The maximum atomic E-state index is 12.5. The summed E-state index contributed by atoms with van der Waals surface area (Å²) in [5.41, 5.74) is 3.90. The van der Waals surface area contributed by atoms with Crippen LogP contribution in [0.4, 0.5) is 0 Å². The fraction of sp³-hybridized carbons (Fsp3) is 0.435. The molecule has 27 heavy (non-hydrogen) atoms. The molecule has 1 N–H and O–H groups in total. The molecule has 0 saturated carbocycles. The van der Waals surface area contributed by atoms with Crippen LogP contribution in [0.1, 0.15) is 29.5 Å². The zero-order valence-corrected chi connectivity index (χ0v) is 17.2. The molecule has 1 aliphatic heterocycles. The Balaban J connectivity index is 1.40. The van der Waals surface area contributed by atoms with E-state index in [0.717, 1.165) is 44.8 Å². The molecule has 0 aromatic heterocycles. The number of aryl methyl sites for hydroxylation is 2. The van der Waals surface area contributed by atoms with Crippen molar-refractivity contribution in [1.29, 1.82) is 0 Å². The number of amides is 1. The van der Waals surface area contributed by atoms with E-state index in [4.69, 9.17) is 0 Å². The van der Waals surface area contributed by atoms with Gasteiger partial charge in [0.25, 0.3) is 0 Å². The molecule has 1 atom stereocenters. The normalized spacial score (nSPS) is 17.6. The minimum atomic E-state index is 0.119. The van der Waals surface area contributed by atoms with Crippen LogP contribution < -0.4 is 5.32 Å². The summed E-state index contributed by atoms with van der Waals surface area (Å²) in [5.74, 6) is 1.25. The predicted molar refractivity (Wildman–Crippen MR) is 114 cm³/mol. The number of carbonyl (C=O) groups is 1. The molecule has 1 fully saturated rings. The average Bonchev–Trinajstić information content (AvgIpc) is 2.68. The maximum absolute atomic E-state index is 12.5. The van der Waals surface area contributed by atoms with Gasteiger partial charge in [0, 0.05) is 30.3 Å². The third-order valence-electron chi connectivity index (χ3n) is 5.09. The van der Waals surface area contributed by atoms with Crippen molar-refractivity contribution in [3.8, 4) is 0 Å². The van der Waals surface area contributed by atoms with Crippen molar-refractivity contribution < 1.29 is 4.79 Å². The highest BCUT2D eigenvalue weighted by Crippen LogP contribution is 2.20. The molecule has 0 radical (unpaired) electrons. The van der Waals surface area contributed by atoms with Crippen molar-refractivity contribution in [1.82, 2.24) is 10.2 Å². The van der Waals surface area contributed by atoms with E-state index < -0.39 is 0 Å². The third-order valence-corrected chi connectivity index (χ3v) is 6.11. The second kappa shape index (κ2) is 9.95. The number of rotatable bonds is 7. The number of hydrogen-bond donors (Lipinski definition) is 1. The lowest BCUT2D eigenvalue weighted by molar-refractivity contribution is -0.126. The summed E-state index contributed by atoms with van der Waals surface area (Å²) in [6, 6.07) is 17.3. The Morgan fingerprint density at radius 2 is 1.74 bits per heavy atom. The molecule has 0 bridgehead atoms. The first-order valence-electron chi connectivity index (χ1n) is 9.85. The Morgan fingerprint density at radius 3 is 2.44 bits per heavy atom. The molecular formula is C23H30N2OS. The van der Waals surface area contributed by atoms with Gasteiger partial charge in [0.05, 0.1) is 5.92 Å². The van der Waals surface area contributed by atoms with Crippen molar-refractivity contribution >= 4 is 17.7 Å². The van der Waals surface area contributed by atoms with Crippen LogP contribution in [0.5, 0.6) is 0 Å². The van der Waals surface area contributed by atoms with Crippen molar-refractivity contribution in [2.75, 3.05) is 25.4 Å². The summed E-state index contributed by atoms with van der Waals surface area (Å²) in [7, 11) is 0. The van der Waals surface area contributed by atoms with Crippen LogP contribution in [0.3, 0.4) is 0 Å². The molecule has 2 aromatic rings. The highest BCUT2D eigenvalue weighted by atomic mass is 32.2.